The summed E-state index contributed by atoms with van der Waals surface area (Å²) >= 11 is 0. The van der Waals surface area contributed by atoms with Gasteiger partial charge in [-0.3, -0.25) is 4.90 Å². The second-order valence-corrected chi connectivity index (χ2v) is 6.38. The highest BCUT2D eigenvalue weighted by Crippen LogP contribution is 2.26. The molecular formula is C17H20FN5O. The van der Waals surface area contributed by atoms with Crippen LogP contribution in [0.1, 0.15) is 30.7 Å². The Morgan fingerprint density at radius 2 is 2.08 bits per heavy atom. The summed E-state index contributed by atoms with van der Waals surface area (Å²) in [5, 5.41) is 17.2. The van der Waals surface area contributed by atoms with Crippen LogP contribution in [0.4, 0.5) is 4.39 Å². The summed E-state index contributed by atoms with van der Waals surface area (Å²) in [6.45, 7) is 7.63. The van der Waals surface area contributed by atoms with E-state index < -0.39 is 5.82 Å². The molecule has 0 N–H and O–H groups in total. The Kier molecular flexibility index (Phi) is 4.60. The van der Waals surface area contributed by atoms with E-state index in [1.54, 1.807) is 16.8 Å². The lowest BCUT2D eigenvalue weighted by molar-refractivity contribution is -0.0132. The molecule has 0 bridgehead atoms. The van der Waals surface area contributed by atoms with Crippen molar-refractivity contribution in [1.29, 1.82) is 5.26 Å². The molecule has 0 atom stereocenters. The number of halogens is 1. The zero-order valence-corrected chi connectivity index (χ0v) is 13.9. The number of benzene rings is 1. The van der Waals surface area contributed by atoms with E-state index in [0.717, 1.165) is 18.8 Å². The third-order valence-electron chi connectivity index (χ3n) is 4.48. The first-order valence-electron chi connectivity index (χ1n) is 7.92. The van der Waals surface area contributed by atoms with Crippen molar-refractivity contribution in [3.63, 3.8) is 0 Å². The number of aromatic nitrogens is 3. The van der Waals surface area contributed by atoms with Crippen molar-refractivity contribution >= 4 is 0 Å². The lowest BCUT2D eigenvalue weighted by Crippen LogP contribution is -2.48. The highest BCUT2D eigenvalue weighted by molar-refractivity contribution is 5.33. The van der Waals surface area contributed by atoms with E-state index in [0.29, 0.717) is 24.3 Å². The van der Waals surface area contributed by atoms with Crippen LogP contribution in [0.25, 0.3) is 0 Å². The van der Waals surface area contributed by atoms with Gasteiger partial charge in [-0.25, -0.2) is 9.07 Å². The molecule has 0 spiro atoms. The molecular weight excluding hydrogens is 309 g/mol. The zero-order chi connectivity index (χ0) is 17.2. The van der Waals surface area contributed by atoms with E-state index in [1.165, 1.54) is 6.07 Å². The fourth-order valence-corrected chi connectivity index (χ4v) is 2.86. The van der Waals surface area contributed by atoms with Crippen LogP contribution < -0.4 is 0 Å². The first-order chi connectivity index (χ1) is 11.5. The number of nitriles is 1. The number of hydrogen-bond donors (Lipinski definition) is 0. The maximum absolute atomic E-state index is 14.0. The predicted molar refractivity (Wildman–Crippen MR) is 85.7 cm³/mol. The van der Waals surface area contributed by atoms with Crippen LogP contribution in [0.3, 0.4) is 0 Å². The first kappa shape index (κ1) is 16.6. The Morgan fingerprint density at radius 1 is 1.33 bits per heavy atom. The second kappa shape index (κ2) is 6.67. The SMILES string of the molecule is CC(C)(c1cn(Cc2ccc(C#N)cc2F)nn1)N1CCOCC1. The fourth-order valence-electron chi connectivity index (χ4n) is 2.86. The largest absolute Gasteiger partial charge is 0.379 e. The quantitative estimate of drug-likeness (QED) is 0.857. The third-order valence-corrected chi connectivity index (χ3v) is 4.48. The molecule has 24 heavy (non-hydrogen) atoms. The normalized spacial score (nSPS) is 16.1. The summed E-state index contributed by atoms with van der Waals surface area (Å²) in [7, 11) is 0. The summed E-state index contributed by atoms with van der Waals surface area (Å²) in [6.07, 6.45) is 1.85. The van der Waals surface area contributed by atoms with E-state index in [-0.39, 0.29) is 12.1 Å². The summed E-state index contributed by atoms with van der Waals surface area (Å²) < 4.78 is 21.0. The van der Waals surface area contributed by atoms with Crippen LogP contribution in [-0.2, 0) is 16.8 Å². The number of ether oxygens (including phenoxy) is 1. The van der Waals surface area contributed by atoms with Gasteiger partial charge in [0.1, 0.15) is 11.5 Å². The molecule has 1 aliphatic heterocycles. The van der Waals surface area contributed by atoms with E-state index in [1.807, 2.05) is 12.3 Å². The molecule has 126 valence electrons. The zero-order valence-electron chi connectivity index (χ0n) is 13.9. The molecule has 1 aromatic carbocycles. The molecule has 0 aliphatic carbocycles. The summed E-state index contributed by atoms with van der Waals surface area (Å²) in [5.74, 6) is -0.404. The van der Waals surface area contributed by atoms with Crippen LogP contribution >= 0.6 is 0 Å². The standard InChI is InChI=1S/C17H20FN5O/c1-17(2,22-5-7-24-8-6-22)16-12-23(21-20-16)11-14-4-3-13(10-19)9-15(14)18/h3-4,9,12H,5-8,11H2,1-2H3. The molecule has 3 rings (SSSR count). The van der Waals surface area contributed by atoms with Crippen LogP contribution in [0.5, 0.6) is 0 Å². The van der Waals surface area contributed by atoms with Crippen LogP contribution in [0.2, 0.25) is 0 Å². The Labute approximate surface area is 140 Å². The van der Waals surface area contributed by atoms with Crippen molar-refractivity contribution in [2.45, 2.75) is 25.9 Å². The molecule has 6 nitrogen and oxygen atoms in total. The molecule has 1 aliphatic rings. The van der Waals surface area contributed by atoms with Crippen LogP contribution in [0, 0.1) is 17.1 Å². The lowest BCUT2D eigenvalue weighted by atomic mass is 9.98. The molecule has 7 heteroatoms. The number of rotatable bonds is 4. The summed E-state index contributed by atoms with van der Waals surface area (Å²) in [6, 6.07) is 6.39. The van der Waals surface area contributed by atoms with E-state index in [9.17, 15) is 4.39 Å². The van der Waals surface area contributed by atoms with Crippen molar-refractivity contribution in [1.82, 2.24) is 19.9 Å². The maximum atomic E-state index is 14.0. The molecule has 1 fully saturated rings. The first-order valence-corrected chi connectivity index (χ1v) is 7.92. The van der Waals surface area contributed by atoms with Crippen molar-refractivity contribution in [3.05, 3.63) is 47.0 Å². The number of hydrogen-bond acceptors (Lipinski definition) is 5. The maximum Gasteiger partial charge on any atom is 0.129 e. The van der Waals surface area contributed by atoms with E-state index >= 15 is 0 Å². The molecule has 1 saturated heterocycles. The molecule has 2 aromatic rings. The minimum atomic E-state index is -0.404. The molecule has 0 amide bonds. The van der Waals surface area contributed by atoms with Crippen molar-refractivity contribution in [2.75, 3.05) is 26.3 Å². The minimum Gasteiger partial charge on any atom is -0.379 e. The Bertz CT molecular complexity index is 759. The summed E-state index contributed by atoms with van der Waals surface area (Å²) in [5.41, 5.74) is 1.38. The van der Waals surface area contributed by atoms with Crippen LogP contribution in [0.15, 0.2) is 24.4 Å². The third kappa shape index (κ3) is 3.30. The van der Waals surface area contributed by atoms with E-state index in [2.05, 4.69) is 29.1 Å². The van der Waals surface area contributed by atoms with Gasteiger partial charge in [0.15, 0.2) is 0 Å². The van der Waals surface area contributed by atoms with Gasteiger partial charge >= 0.3 is 0 Å². The number of nitrogens with zero attached hydrogens (tertiary/aromatic N) is 5. The van der Waals surface area contributed by atoms with Crippen molar-refractivity contribution in [3.8, 4) is 6.07 Å². The van der Waals surface area contributed by atoms with Gasteiger partial charge in [-0.15, -0.1) is 5.10 Å². The topological polar surface area (TPSA) is 67.0 Å². The molecule has 0 radical (unpaired) electrons. The average molecular weight is 329 g/mol. The van der Waals surface area contributed by atoms with Gasteiger partial charge in [0.05, 0.1) is 43.1 Å². The highest BCUT2D eigenvalue weighted by atomic mass is 19.1. The smallest absolute Gasteiger partial charge is 0.129 e. The van der Waals surface area contributed by atoms with Gasteiger partial charge in [0, 0.05) is 18.7 Å². The average Bonchev–Trinajstić information content (AvgIpc) is 3.07. The van der Waals surface area contributed by atoms with Crippen molar-refractivity contribution in [2.24, 2.45) is 0 Å². The summed E-state index contributed by atoms with van der Waals surface area (Å²) in [4.78, 5) is 2.31. The monoisotopic (exact) mass is 329 g/mol. The highest BCUT2D eigenvalue weighted by Gasteiger charge is 2.32. The van der Waals surface area contributed by atoms with Gasteiger partial charge in [0.25, 0.3) is 0 Å². The predicted octanol–water partition coefficient (Wildman–Crippen LogP) is 1.90. The van der Waals surface area contributed by atoms with Crippen molar-refractivity contribution < 1.29 is 9.13 Å². The lowest BCUT2D eigenvalue weighted by Gasteiger charge is -2.39. The van der Waals surface area contributed by atoms with Gasteiger partial charge in [0.2, 0.25) is 0 Å². The fraction of sp³-hybridized carbons (Fsp3) is 0.471. The molecule has 0 saturated carbocycles. The Balaban J connectivity index is 1.77. The number of morpholine rings is 1. The molecule has 2 heterocycles. The molecule has 0 unspecified atom stereocenters. The second-order valence-electron chi connectivity index (χ2n) is 6.38. The van der Waals surface area contributed by atoms with Gasteiger partial charge < -0.3 is 4.74 Å². The van der Waals surface area contributed by atoms with Crippen LogP contribution in [-0.4, -0.2) is 46.2 Å². The molecule has 1 aromatic heterocycles. The Hall–Kier alpha value is -2.30. The Morgan fingerprint density at radius 3 is 2.75 bits per heavy atom. The van der Waals surface area contributed by atoms with Gasteiger partial charge in [-0.1, -0.05) is 11.3 Å². The minimum absolute atomic E-state index is 0.259. The van der Waals surface area contributed by atoms with E-state index in [4.69, 9.17) is 10.00 Å². The van der Waals surface area contributed by atoms with Gasteiger partial charge in [-0.05, 0) is 26.0 Å². The van der Waals surface area contributed by atoms with Gasteiger partial charge in [-0.2, -0.15) is 5.26 Å².